The van der Waals surface area contributed by atoms with Gasteiger partial charge in [-0.15, -0.1) is 0 Å². The smallest absolute Gasteiger partial charge is 0.341 e. The molecule has 0 saturated carbocycles. The van der Waals surface area contributed by atoms with Crippen LogP contribution < -0.4 is 0 Å². The molecule has 108 valence electrons. The van der Waals surface area contributed by atoms with Crippen LogP contribution in [0.5, 0.6) is 0 Å². The summed E-state index contributed by atoms with van der Waals surface area (Å²) >= 11 is 0. The zero-order chi connectivity index (χ0) is 15.2. The number of carboxylic acids is 1. The molecular weight excluding hydrogens is 271 g/mol. The second-order valence-corrected chi connectivity index (χ2v) is 5.55. The van der Waals surface area contributed by atoms with Gasteiger partial charge in [-0.1, -0.05) is 42.5 Å². The van der Waals surface area contributed by atoms with Gasteiger partial charge in [0.15, 0.2) is 0 Å². The Hall–Kier alpha value is -2.20. The van der Waals surface area contributed by atoms with E-state index in [4.69, 9.17) is 5.11 Å². The molecule has 2 aromatic rings. The average molecular weight is 286 g/mol. The fraction of sp³-hybridized carbons (Fsp3) is 0.235. The second kappa shape index (κ2) is 4.67. The van der Waals surface area contributed by atoms with E-state index in [1.54, 1.807) is 12.1 Å². The normalized spacial score (nSPS) is 16.7. The first kappa shape index (κ1) is 13.8. The van der Waals surface area contributed by atoms with Gasteiger partial charge in [-0.2, -0.15) is 0 Å². The molecule has 0 spiro atoms. The lowest BCUT2D eigenvalue weighted by molar-refractivity contribution is -0.153. The topological polar surface area (TPSA) is 57.5 Å². The van der Waals surface area contributed by atoms with Gasteiger partial charge in [-0.3, -0.25) is 0 Å². The van der Waals surface area contributed by atoms with Crippen LogP contribution in [0.15, 0.2) is 42.5 Å². The summed E-state index contributed by atoms with van der Waals surface area (Å²) in [6, 6.07) is 13.1. The van der Waals surface area contributed by atoms with Gasteiger partial charge in [0.05, 0.1) is 0 Å². The number of rotatable bonds is 3. The number of hydrogen-bond acceptors (Lipinski definition) is 2. The SMILES string of the molecule is CC(O)(c1ccc2c(c1)Cc1ccccc1-2)C(F)C(=O)O. The monoisotopic (exact) mass is 286 g/mol. The third kappa shape index (κ3) is 2.12. The molecule has 0 bridgehead atoms. The highest BCUT2D eigenvalue weighted by Crippen LogP contribution is 2.39. The molecule has 2 aromatic carbocycles. The molecule has 2 atom stereocenters. The van der Waals surface area contributed by atoms with Crippen molar-refractivity contribution in [3.63, 3.8) is 0 Å². The summed E-state index contributed by atoms with van der Waals surface area (Å²) in [4.78, 5) is 10.8. The molecule has 0 aromatic heterocycles. The number of aliphatic hydroxyl groups is 1. The maximum absolute atomic E-state index is 13.8. The van der Waals surface area contributed by atoms with Crippen molar-refractivity contribution in [2.45, 2.75) is 25.1 Å². The molecule has 2 unspecified atom stereocenters. The zero-order valence-electron chi connectivity index (χ0n) is 11.5. The van der Waals surface area contributed by atoms with Crippen molar-refractivity contribution in [1.29, 1.82) is 0 Å². The van der Waals surface area contributed by atoms with E-state index in [0.717, 1.165) is 16.7 Å². The molecule has 0 amide bonds. The van der Waals surface area contributed by atoms with E-state index in [9.17, 15) is 14.3 Å². The first-order valence-electron chi connectivity index (χ1n) is 6.72. The number of fused-ring (bicyclic) bond motifs is 3. The molecule has 0 fully saturated rings. The van der Waals surface area contributed by atoms with Crippen LogP contribution in [0.1, 0.15) is 23.6 Å². The minimum atomic E-state index is -2.36. The Kier molecular flexibility index (Phi) is 3.06. The Morgan fingerprint density at radius 3 is 2.57 bits per heavy atom. The molecule has 0 radical (unpaired) electrons. The van der Waals surface area contributed by atoms with Crippen molar-refractivity contribution in [1.82, 2.24) is 0 Å². The number of carboxylic acid groups (broad SMARTS) is 1. The lowest BCUT2D eigenvalue weighted by atomic mass is 9.88. The summed E-state index contributed by atoms with van der Waals surface area (Å²) in [6.07, 6.45) is -1.65. The predicted molar refractivity (Wildman–Crippen MR) is 76.8 cm³/mol. The molecule has 2 N–H and O–H groups in total. The van der Waals surface area contributed by atoms with E-state index >= 15 is 0 Å². The Morgan fingerprint density at radius 1 is 1.19 bits per heavy atom. The van der Waals surface area contributed by atoms with Gasteiger partial charge in [0, 0.05) is 0 Å². The predicted octanol–water partition coefficient (Wildman–Crippen LogP) is 2.89. The van der Waals surface area contributed by atoms with E-state index in [1.165, 1.54) is 12.5 Å². The maximum atomic E-state index is 13.8. The highest BCUT2D eigenvalue weighted by atomic mass is 19.1. The Labute approximate surface area is 121 Å². The summed E-state index contributed by atoms with van der Waals surface area (Å²) in [5, 5.41) is 19.0. The lowest BCUT2D eigenvalue weighted by Crippen LogP contribution is -2.39. The Morgan fingerprint density at radius 2 is 1.86 bits per heavy atom. The third-order valence-corrected chi connectivity index (χ3v) is 4.09. The standard InChI is InChI=1S/C17H15FO3/c1-17(21,15(18)16(19)20)12-6-7-14-11(9-12)8-10-4-2-3-5-13(10)14/h2-7,9,15,21H,8H2,1H3,(H,19,20). The first-order chi connectivity index (χ1) is 9.91. The van der Waals surface area contributed by atoms with Crippen molar-refractivity contribution in [2.75, 3.05) is 0 Å². The Balaban J connectivity index is 2.03. The zero-order valence-corrected chi connectivity index (χ0v) is 11.5. The molecule has 1 aliphatic rings. The van der Waals surface area contributed by atoms with Crippen LogP contribution in [-0.4, -0.2) is 22.4 Å². The maximum Gasteiger partial charge on any atom is 0.341 e. The summed E-state index contributed by atoms with van der Waals surface area (Å²) in [7, 11) is 0. The fourth-order valence-corrected chi connectivity index (χ4v) is 2.85. The minimum absolute atomic E-state index is 0.281. The van der Waals surface area contributed by atoms with Gasteiger partial charge in [0.1, 0.15) is 5.60 Å². The van der Waals surface area contributed by atoms with Crippen LogP contribution in [0.2, 0.25) is 0 Å². The number of aliphatic carboxylic acids is 1. The van der Waals surface area contributed by atoms with Crippen molar-refractivity contribution in [3.05, 3.63) is 59.2 Å². The van der Waals surface area contributed by atoms with Gasteiger partial charge in [0.2, 0.25) is 6.17 Å². The van der Waals surface area contributed by atoms with E-state index in [1.807, 2.05) is 30.3 Å². The van der Waals surface area contributed by atoms with Crippen molar-refractivity contribution >= 4 is 5.97 Å². The van der Waals surface area contributed by atoms with Crippen LogP contribution in [0.25, 0.3) is 11.1 Å². The molecule has 0 aliphatic heterocycles. The summed E-state index contributed by atoms with van der Waals surface area (Å²) in [6.45, 7) is 1.19. The largest absolute Gasteiger partial charge is 0.479 e. The molecule has 0 saturated heterocycles. The van der Waals surface area contributed by atoms with Crippen molar-refractivity contribution in [3.8, 4) is 11.1 Å². The van der Waals surface area contributed by atoms with Crippen LogP contribution in [0.4, 0.5) is 4.39 Å². The number of benzene rings is 2. The molecular formula is C17H15FO3. The number of halogens is 1. The summed E-state index contributed by atoms with van der Waals surface area (Å²) in [5.74, 6) is -1.66. The van der Waals surface area contributed by atoms with Crippen molar-refractivity contribution < 1.29 is 19.4 Å². The van der Waals surface area contributed by atoms with Gasteiger partial charge in [-0.25, -0.2) is 9.18 Å². The molecule has 21 heavy (non-hydrogen) atoms. The fourth-order valence-electron chi connectivity index (χ4n) is 2.85. The molecule has 3 rings (SSSR count). The Bertz CT molecular complexity index is 722. The quantitative estimate of drug-likeness (QED) is 0.778. The number of carbonyl (C=O) groups is 1. The lowest BCUT2D eigenvalue weighted by Gasteiger charge is -2.25. The molecule has 1 aliphatic carbocycles. The number of alkyl halides is 1. The van der Waals surface area contributed by atoms with Crippen LogP contribution in [-0.2, 0) is 16.8 Å². The average Bonchev–Trinajstić information content (AvgIpc) is 2.83. The van der Waals surface area contributed by atoms with Crippen molar-refractivity contribution in [2.24, 2.45) is 0 Å². The third-order valence-electron chi connectivity index (χ3n) is 4.09. The van der Waals surface area contributed by atoms with Gasteiger partial charge < -0.3 is 10.2 Å². The molecule has 4 heteroatoms. The minimum Gasteiger partial charge on any atom is -0.479 e. The van der Waals surface area contributed by atoms with E-state index < -0.39 is 17.7 Å². The van der Waals surface area contributed by atoms with Gasteiger partial charge >= 0.3 is 5.97 Å². The highest BCUT2D eigenvalue weighted by Gasteiger charge is 2.40. The van der Waals surface area contributed by atoms with Crippen LogP contribution in [0.3, 0.4) is 0 Å². The van der Waals surface area contributed by atoms with Crippen LogP contribution >= 0.6 is 0 Å². The summed E-state index contributed by atoms with van der Waals surface area (Å²) in [5.41, 5.74) is 2.58. The van der Waals surface area contributed by atoms with E-state index in [0.29, 0.717) is 6.42 Å². The summed E-state index contributed by atoms with van der Waals surface area (Å²) < 4.78 is 13.8. The molecule has 3 nitrogen and oxygen atoms in total. The highest BCUT2D eigenvalue weighted by molar-refractivity contribution is 5.78. The molecule has 0 heterocycles. The first-order valence-corrected chi connectivity index (χ1v) is 6.72. The van der Waals surface area contributed by atoms with E-state index in [-0.39, 0.29) is 5.56 Å². The number of hydrogen-bond donors (Lipinski definition) is 2. The van der Waals surface area contributed by atoms with Gasteiger partial charge in [0.25, 0.3) is 0 Å². The van der Waals surface area contributed by atoms with Crippen LogP contribution in [0, 0.1) is 0 Å². The second-order valence-electron chi connectivity index (χ2n) is 5.55. The van der Waals surface area contributed by atoms with E-state index in [2.05, 4.69) is 0 Å². The van der Waals surface area contributed by atoms with Gasteiger partial charge in [-0.05, 0) is 41.2 Å².